The van der Waals surface area contributed by atoms with Crippen LogP contribution in [0.4, 0.5) is 0 Å². The van der Waals surface area contributed by atoms with E-state index in [1.54, 1.807) is 0 Å². The maximum atomic E-state index is 13.3. The number of ketones is 1. The Morgan fingerprint density at radius 2 is 1.93 bits per heavy atom. The molecule has 144 valence electrons. The smallest absolute Gasteiger partial charge is 0.169 e. The van der Waals surface area contributed by atoms with E-state index in [9.17, 15) is 9.59 Å². The zero-order valence-electron chi connectivity index (χ0n) is 15.9. The van der Waals surface area contributed by atoms with Gasteiger partial charge >= 0.3 is 0 Å². The number of nitrogens with two attached hydrogens (primary N) is 1. The van der Waals surface area contributed by atoms with Crippen molar-refractivity contribution in [2.75, 3.05) is 19.6 Å². The van der Waals surface area contributed by atoms with Crippen molar-refractivity contribution in [3.63, 3.8) is 0 Å². The minimum absolute atomic E-state index is 0.00480. The van der Waals surface area contributed by atoms with Gasteiger partial charge in [-0.2, -0.15) is 0 Å². The molecular weight excluding hydrogens is 350 g/mol. The Balaban J connectivity index is 1.71. The molecule has 1 aromatic heterocycles. The molecule has 4 rings (SSSR count). The lowest BCUT2D eigenvalue weighted by Gasteiger charge is -2.23. The number of Topliss-reactive ketones (excluding diaryl/α,β-unsaturated/α-hetero) is 1. The van der Waals surface area contributed by atoms with E-state index in [2.05, 4.69) is 16.0 Å². The van der Waals surface area contributed by atoms with Crippen molar-refractivity contribution in [1.82, 2.24) is 9.88 Å². The molecule has 0 spiro atoms. The Kier molecular flexibility index (Phi) is 5.37. The van der Waals surface area contributed by atoms with Crippen molar-refractivity contribution in [2.24, 2.45) is 11.7 Å². The van der Waals surface area contributed by atoms with Crippen LogP contribution in [0.1, 0.15) is 38.4 Å². The predicted octanol–water partition coefficient (Wildman–Crippen LogP) is 2.80. The molecular formula is C23H25N3O2. The topological polar surface area (TPSA) is 77.1 Å². The Bertz CT molecular complexity index is 1000. The molecule has 0 bridgehead atoms. The van der Waals surface area contributed by atoms with Crippen LogP contribution in [0.2, 0.25) is 0 Å². The number of carbonyl (C=O) groups excluding carboxylic acids is 2. The molecule has 2 aromatic carbocycles. The maximum absolute atomic E-state index is 13.3. The first kappa shape index (κ1) is 18.6. The van der Waals surface area contributed by atoms with Gasteiger partial charge in [-0.3, -0.25) is 9.59 Å². The van der Waals surface area contributed by atoms with Gasteiger partial charge in [0.15, 0.2) is 5.78 Å². The van der Waals surface area contributed by atoms with E-state index in [0.29, 0.717) is 25.2 Å². The average Bonchev–Trinajstić information content (AvgIpc) is 3.05. The molecule has 5 heteroatoms. The first-order valence-electron chi connectivity index (χ1n) is 9.82. The predicted molar refractivity (Wildman–Crippen MR) is 111 cm³/mol. The Morgan fingerprint density at radius 3 is 2.68 bits per heavy atom. The fraction of sp³-hybridized carbons (Fsp3) is 0.304. The number of rotatable bonds is 7. The largest absolute Gasteiger partial charge is 0.339 e. The number of para-hydroxylation sites is 1. The Hall–Kier alpha value is -2.76. The maximum Gasteiger partial charge on any atom is 0.169 e. The lowest BCUT2D eigenvalue weighted by Crippen LogP contribution is -2.34. The van der Waals surface area contributed by atoms with Crippen LogP contribution < -0.4 is 11.1 Å². The number of aromatic nitrogens is 1. The number of nitrogens with zero attached hydrogens (tertiary/aromatic N) is 1. The van der Waals surface area contributed by atoms with Crippen LogP contribution in [0.3, 0.4) is 0 Å². The van der Waals surface area contributed by atoms with Gasteiger partial charge in [0.1, 0.15) is 6.29 Å². The van der Waals surface area contributed by atoms with Crippen molar-refractivity contribution < 1.29 is 9.59 Å². The fourth-order valence-electron chi connectivity index (χ4n) is 4.18. The van der Waals surface area contributed by atoms with Crippen LogP contribution in [0.5, 0.6) is 0 Å². The van der Waals surface area contributed by atoms with Crippen LogP contribution >= 0.6 is 0 Å². The van der Waals surface area contributed by atoms with Crippen LogP contribution in [0, 0.1) is 5.92 Å². The lowest BCUT2D eigenvalue weighted by molar-refractivity contribution is 0.0901. The van der Waals surface area contributed by atoms with Crippen molar-refractivity contribution in [3.05, 3.63) is 70.9 Å². The third-order valence-electron chi connectivity index (χ3n) is 5.59. The highest BCUT2D eigenvalue weighted by Gasteiger charge is 2.32. The van der Waals surface area contributed by atoms with Gasteiger partial charge in [0.05, 0.1) is 0 Å². The normalized spacial score (nSPS) is 16.3. The highest BCUT2D eigenvalue weighted by Crippen LogP contribution is 2.34. The van der Waals surface area contributed by atoms with Gasteiger partial charge in [0.2, 0.25) is 0 Å². The van der Waals surface area contributed by atoms with Gasteiger partial charge in [-0.1, -0.05) is 42.5 Å². The molecule has 1 unspecified atom stereocenters. The monoisotopic (exact) mass is 375 g/mol. The van der Waals surface area contributed by atoms with Crippen LogP contribution in [0.15, 0.2) is 48.5 Å². The molecule has 28 heavy (non-hydrogen) atoms. The molecule has 1 heterocycles. The Morgan fingerprint density at radius 1 is 1.14 bits per heavy atom. The van der Waals surface area contributed by atoms with Crippen molar-refractivity contribution >= 4 is 23.0 Å². The first-order chi connectivity index (χ1) is 13.7. The summed E-state index contributed by atoms with van der Waals surface area (Å²) in [5, 5.41) is 4.33. The number of nitrogens with one attached hydrogen (secondary N) is 1. The van der Waals surface area contributed by atoms with Crippen molar-refractivity contribution in [3.8, 4) is 0 Å². The molecule has 5 nitrogen and oxygen atoms in total. The molecule has 1 aliphatic rings. The summed E-state index contributed by atoms with van der Waals surface area (Å²) in [6.45, 7) is 2.68. The molecule has 1 atom stereocenters. The number of benzene rings is 2. The molecule has 3 N–H and O–H groups in total. The third-order valence-corrected chi connectivity index (χ3v) is 5.59. The second-order valence-electron chi connectivity index (χ2n) is 7.38. The Labute approximate surface area is 164 Å². The van der Waals surface area contributed by atoms with E-state index in [4.69, 9.17) is 5.73 Å². The van der Waals surface area contributed by atoms with E-state index in [1.165, 1.54) is 0 Å². The number of carbonyl (C=O) groups is 2. The zero-order chi connectivity index (χ0) is 19.5. The number of hydrogen-bond acceptors (Lipinski definition) is 4. The SMILES string of the molecule is NCCNCC1CCc2c(c3ccccc3n2Cc2ccc(C=O)cc2)C1=O. The summed E-state index contributed by atoms with van der Waals surface area (Å²) in [4.78, 5) is 24.2. The summed E-state index contributed by atoms with van der Waals surface area (Å²) in [5.41, 5.74) is 10.4. The van der Waals surface area contributed by atoms with Crippen LogP contribution in [0.25, 0.3) is 10.9 Å². The highest BCUT2D eigenvalue weighted by atomic mass is 16.1. The van der Waals surface area contributed by atoms with Gasteiger partial charge in [-0.15, -0.1) is 0 Å². The summed E-state index contributed by atoms with van der Waals surface area (Å²) < 4.78 is 2.27. The quantitative estimate of drug-likeness (QED) is 0.492. The summed E-state index contributed by atoms with van der Waals surface area (Å²) in [5.74, 6) is 0.238. The molecule has 0 amide bonds. The minimum Gasteiger partial charge on any atom is -0.339 e. The summed E-state index contributed by atoms with van der Waals surface area (Å²) >= 11 is 0. The standard InChI is InChI=1S/C23H25N3O2/c24-11-12-25-13-18-9-10-21-22(23(18)28)19-3-1-2-4-20(19)26(21)14-16-5-7-17(15-27)8-6-16/h1-8,15,18,25H,9-14,24H2. The van der Waals surface area contributed by atoms with E-state index in [0.717, 1.165) is 53.4 Å². The minimum atomic E-state index is 0.00480. The van der Waals surface area contributed by atoms with E-state index in [1.807, 2.05) is 42.5 Å². The first-order valence-corrected chi connectivity index (χ1v) is 9.82. The third kappa shape index (κ3) is 3.39. The average molecular weight is 375 g/mol. The van der Waals surface area contributed by atoms with Gasteiger partial charge in [0.25, 0.3) is 0 Å². The number of aldehydes is 1. The molecule has 3 aromatic rings. The lowest BCUT2D eigenvalue weighted by atomic mass is 9.85. The van der Waals surface area contributed by atoms with E-state index in [-0.39, 0.29) is 11.7 Å². The summed E-state index contributed by atoms with van der Waals surface area (Å²) in [7, 11) is 0. The van der Waals surface area contributed by atoms with Crippen LogP contribution in [-0.2, 0) is 13.0 Å². The second-order valence-corrected chi connectivity index (χ2v) is 7.38. The molecule has 1 aliphatic carbocycles. The second kappa shape index (κ2) is 8.09. The van der Waals surface area contributed by atoms with Crippen LogP contribution in [-0.4, -0.2) is 36.3 Å². The van der Waals surface area contributed by atoms with Gasteiger partial charge in [-0.05, 0) is 24.5 Å². The van der Waals surface area contributed by atoms with Gasteiger partial charge in [0, 0.05) is 59.8 Å². The summed E-state index contributed by atoms with van der Waals surface area (Å²) in [6.07, 6.45) is 2.59. The fourth-order valence-corrected chi connectivity index (χ4v) is 4.18. The van der Waals surface area contributed by atoms with Crippen molar-refractivity contribution in [2.45, 2.75) is 19.4 Å². The molecule has 0 radical (unpaired) electrons. The van der Waals surface area contributed by atoms with E-state index < -0.39 is 0 Å². The van der Waals surface area contributed by atoms with E-state index >= 15 is 0 Å². The molecule has 0 saturated carbocycles. The van der Waals surface area contributed by atoms with Gasteiger partial charge < -0.3 is 15.6 Å². The number of fused-ring (bicyclic) bond motifs is 3. The number of hydrogen-bond donors (Lipinski definition) is 2. The highest BCUT2D eigenvalue weighted by molar-refractivity contribution is 6.11. The summed E-state index contributed by atoms with van der Waals surface area (Å²) in [6, 6.07) is 15.8. The van der Waals surface area contributed by atoms with Crippen molar-refractivity contribution in [1.29, 1.82) is 0 Å². The molecule has 0 fully saturated rings. The molecule has 0 aliphatic heterocycles. The van der Waals surface area contributed by atoms with Gasteiger partial charge in [-0.25, -0.2) is 0 Å². The zero-order valence-corrected chi connectivity index (χ0v) is 15.9. The molecule has 0 saturated heterocycles.